The second-order valence-corrected chi connectivity index (χ2v) is 8.38. The Labute approximate surface area is 130 Å². The van der Waals surface area contributed by atoms with Crippen LogP contribution in [-0.4, -0.2) is 21.2 Å². The molecule has 0 bridgehead atoms. The van der Waals surface area contributed by atoms with E-state index >= 15 is 0 Å². The predicted molar refractivity (Wildman–Crippen MR) is 88.7 cm³/mol. The maximum absolute atomic E-state index is 11.4. The molecule has 2 rings (SSSR count). The molecule has 0 radical (unpaired) electrons. The normalized spacial score (nSPS) is 14.8. The van der Waals surface area contributed by atoms with E-state index in [0.717, 1.165) is 12.1 Å². The Morgan fingerprint density at radius 1 is 1.14 bits per heavy atom. The summed E-state index contributed by atoms with van der Waals surface area (Å²) in [6, 6.07) is 11.5. The van der Waals surface area contributed by atoms with Gasteiger partial charge in [0.1, 0.15) is 0 Å². The quantitative estimate of drug-likeness (QED) is 0.883. The molecule has 0 saturated carbocycles. The van der Waals surface area contributed by atoms with Gasteiger partial charge in [-0.1, -0.05) is 25.1 Å². The minimum atomic E-state index is -3.12. The van der Waals surface area contributed by atoms with Gasteiger partial charge in [0.05, 0.1) is 4.90 Å². The Balaban J connectivity index is 1.96. The first-order valence-electron chi connectivity index (χ1n) is 6.94. The van der Waals surface area contributed by atoms with Gasteiger partial charge in [-0.25, -0.2) is 8.42 Å². The van der Waals surface area contributed by atoms with E-state index in [4.69, 9.17) is 0 Å². The van der Waals surface area contributed by atoms with Crippen LogP contribution in [0, 0.1) is 0 Å². The Hall–Kier alpha value is -1.17. The average Bonchev–Trinajstić information content (AvgIpc) is 2.98. The van der Waals surface area contributed by atoms with Crippen molar-refractivity contribution in [1.82, 2.24) is 5.32 Å². The summed E-state index contributed by atoms with van der Waals surface area (Å²) in [4.78, 5) is 1.74. The lowest BCUT2D eigenvalue weighted by Crippen LogP contribution is -2.23. The Morgan fingerprint density at radius 2 is 1.81 bits per heavy atom. The highest BCUT2D eigenvalue weighted by Crippen LogP contribution is 2.21. The van der Waals surface area contributed by atoms with E-state index in [2.05, 4.69) is 36.7 Å². The molecule has 1 heterocycles. The molecular formula is C16H21NO2S2. The average molecular weight is 323 g/mol. The highest BCUT2D eigenvalue weighted by molar-refractivity contribution is 7.90. The Kier molecular flexibility index (Phi) is 5.19. The molecule has 0 aliphatic carbocycles. The van der Waals surface area contributed by atoms with Crippen LogP contribution in [0.5, 0.6) is 0 Å². The van der Waals surface area contributed by atoms with Gasteiger partial charge in [-0.05, 0) is 36.1 Å². The molecule has 1 aromatic heterocycles. The molecular weight excluding hydrogens is 302 g/mol. The molecule has 0 aliphatic rings. The van der Waals surface area contributed by atoms with Gasteiger partial charge in [-0.15, -0.1) is 11.3 Å². The molecule has 114 valence electrons. The molecule has 0 aliphatic heterocycles. The van der Waals surface area contributed by atoms with Gasteiger partial charge >= 0.3 is 0 Å². The maximum Gasteiger partial charge on any atom is 0.175 e. The fourth-order valence-electron chi connectivity index (χ4n) is 2.15. The zero-order chi connectivity index (χ0) is 15.5. The summed E-state index contributed by atoms with van der Waals surface area (Å²) >= 11 is 1.78. The number of rotatable bonds is 6. The van der Waals surface area contributed by atoms with E-state index in [0.29, 0.717) is 10.8 Å². The van der Waals surface area contributed by atoms with E-state index in [1.165, 1.54) is 11.1 Å². The zero-order valence-electron chi connectivity index (χ0n) is 12.5. The number of sulfone groups is 1. The van der Waals surface area contributed by atoms with Crippen molar-refractivity contribution in [1.29, 1.82) is 0 Å². The Morgan fingerprint density at radius 3 is 2.33 bits per heavy atom. The summed E-state index contributed by atoms with van der Waals surface area (Å²) in [6.07, 6.45) is 1.23. The predicted octanol–water partition coefficient (Wildman–Crippen LogP) is 3.61. The van der Waals surface area contributed by atoms with Crippen molar-refractivity contribution in [2.75, 3.05) is 12.8 Å². The number of hydrogen-bond donors (Lipinski definition) is 1. The van der Waals surface area contributed by atoms with Crippen molar-refractivity contribution < 1.29 is 8.42 Å². The number of thiophene rings is 1. The lowest BCUT2D eigenvalue weighted by molar-refractivity contribution is 0.540. The lowest BCUT2D eigenvalue weighted by atomic mass is 10.1. The lowest BCUT2D eigenvalue weighted by Gasteiger charge is -2.17. The minimum Gasteiger partial charge on any atom is -0.310 e. The van der Waals surface area contributed by atoms with Crippen LogP contribution in [0.4, 0.5) is 0 Å². The zero-order valence-corrected chi connectivity index (χ0v) is 14.2. The number of nitrogens with one attached hydrogen (secondary N) is 1. The first kappa shape index (κ1) is 16.2. The van der Waals surface area contributed by atoms with Gasteiger partial charge in [0.2, 0.25) is 0 Å². The Bertz CT molecular complexity index is 661. The van der Waals surface area contributed by atoms with Crippen LogP contribution < -0.4 is 5.32 Å². The first-order chi connectivity index (χ1) is 9.88. The third-order valence-corrected chi connectivity index (χ3v) is 5.80. The smallest absolute Gasteiger partial charge is 0.175 e. The molecule has 1 N–H and O–H groups in total. The fraction of sp³-hybridized carbons (Fsp3) is 0.375. The summed E-state index contributed by atoms with van der Waals surface area (Å²) in [5.74, 6) is 0.475. The van der Waals surface area contributed by atoms with Gasteiger partial charge < -0.3 is 5.32 Å². The molecule has 2 atom stereocenters. The van der Waals surface area contributed by atoms with Gasteiger partial charge in [-0.2, -0.15) is 0 Å². The first-order valence-corrected chi connectivity index (χ1v) is 9.72. The van der Waals surface area contributed by atoms with Crippen LogP contribution in [0.3, 0.4) is 0 Å². The summed E-state index contributed by atoms with van der Waals surface area (Å²) in [5.41, 5.74) is 1.10. The van der Waals surface area contributed by atoms with Crippen molar-refractivity contribution in [3.63, 3.8) is 0 Å². The summed E-state index contributed by atoms with van der Waals surface area (Å²) in [6.45, 7) is 5.20. The van der Waals surface area contributed by atoms with Crippen LogP contribution in [0.15, 0.2) is 46.7 Å². The maximum atomic E-state index is 11.4. The molecule has 21 heavy (non-hydrogen) atoms. The molecule has 0 saturated heterocycles. The number of hydrogen-bond acceptors (Lipinski definition) is 4. The SMILES string of the molecule is C[C@@H](CN[C@H](C)c1ccc(S(C)(=O)=O)cc1)c1cccs1. The monoisotopic (exact) mass is 323 g/mol. The highest BCUT2D eigenvalue weighted by Gasteiger charge is 2.11. The number of benzene rings is 1. The summed E-state index contributed by atoms with van der Waals surface area (Å²) in [7, 11) is -3.12. The third kappa shape index (κ3) is 4.40. The largest absolute Gasteiger partial charge is 0.310 e. The molecule has 3 nitrogen and oxygen atoms in total. The van der Waals surface area contributed by atoms with Gasteiger partial charge in [0.25, 0.3) is 0 Å². The second kappa shape index (κ2) is 6.73. The van der Waals surface area contributed by atoms with Crippen molar-refractivity contribution in [2.45, 2.75) is 30.7 Å². The van der Waals surface area contributed by atoms with Gasteiger partial charge in [-0.3, -0.25) is 0 Å². The van der Waals surface area contributed by atoms with Crippen molar-refractivity contribution in [3.05, 3.63) is 52.2 Å². The van der Waals surface area contributed by atoms with E-state index < -0.39 is 9.84 Å². The van der Waals surface area contributed by atoms with E-state index in [-0.39, 0.29) is 6.04 Å². The van der Waals surface area contributed by atoms with Crippen LogP contribution in [0.2, 0.25) is 0 Å². The minimum absolute atomic E-state index is 0.195. The van der Waals surface area contributed by atoms with Crippen molar-refractivity contribution >= 4 is 21.2 Å². The molecule has 1 aromatic carbocycles. The summed E-state index contributed by atoms with van der Waals surface area (Å²) in [5, 5.41) is 5.60. The van der Waals surface area contributed by atoms with Crippen molar-refractivity contribution in [2.24, 2.45) is 0 Å². The van der Waals surface area contributed by atoms with Crippen LogP contribution in [0.25, 0.3) is 0 Å². The standard InChI is InChI=1S/C16H21NO2S2/c1-12(16-5-4-10-20-16)11-17-13(2)14-6-8-15(9-7-14)21(3,18)19/h4-10,12-13,17H,11H2,1-3H3/t12-,13+/m0/s1. The van der Waals surface area contributed by atoms with E-state index in [1.54, 1.807) is 23.5 Å². The molecule has 0 amide bonds. The van der Waals surface area contributed by atoms with E-state index in [1.807, 2.05) is 12.1 Å². The van der Waals surface area contributed by atoms with Gasteiger partial charge in [0.15, 0.2) is 9.84 Å². The van der Waals surface area contributed by atoms with Crippen LogP contribution >= 0.6 is 11.3 Å². The third-order valence-electron chi connectivity index (χ3n) is 3.57. The molecule has 5 heteroatoms. The van der Waals surface area contributed by atoms with Crippen molar-refractivity contribution in [3.8, 4) is 0 Å². The van der Waals surface area contributed by atoms with Crippen LogP contribution in [0.1, 0.15) is 36.2 Å². The topological polar surface area (TPSA) is 46.2 Å². The molecule has 0 fully saturated rings. The molecule has 0 spiro atoms. The van der Waals surface area contributed by atoms with Crippen LogP contribution in [-0.2, 0) is 9.84 Å². The second-order valence-electron chi connectivity index (χ2n) is 5.39. The summed E-state index contributed by atoms with van der Waals surface area (Å²) < 4.78 is 22.9. The highest BCUT2D eigenvalue weighted by atomic mass is 32.2. The molecule has 2 aromatic rings. The van der Waals surface area contributed by atoms with Gasteiger partial charge in [0, 0.05) is 29.6 Å². The molecule has 0 unspecified atom stereocenters. The van der Waals surface area contributed by atoms with E-state index in [9.17, 15) is 8.42 Å². The fourth-order valence-corrected chi connectivity index (χ4v) is 3.56.